The highest BCUT2D eigenvalue weighted by Gasteiger charge is 2.39. The summed E-state index contributed by atoms with van der Waals surface area (Å²) in [4.78, 5) is 56.0. The van der Waals surface area contributed by atoms with Crippen molar-refractivity contribution in [2.75, 3.05) is 36.4 Å². The van der Waals surface area contributed by atoms with Crippen LogP contribution < -0.4 is 25.6 Å². The third-order valence-electron chi connectivity index (χ3n) is 13.4. The first kappa shape index (κ1) is 44.7. The van der Waals surface area contributed by atoms with E-state index in [1.165, 1.54) is 28.8 Å². The number of benzene rings is 5. The average molecular weight is 919 g/mol. The minimum atomic E-state index is -0.539. The van der Waals surface area contributed by atoms with Crippen molar-refractivity contribution in [3.63, 3.8) is 0 Å². The van der Waals surface area contributed by atoms with Crippen LogP contribution in [0.2, 0.25) is 0 Å². The van der Waals surface area contributed by atoms with Crippen LogP contribution in [0.5, 0.6) is 11.5 Å². The largest absolute Gasteiger partial charge is 0.502 e. The molecule has 5 aromatic carbocycles. The molecule has 2 unspecified atom stereocenters. The van der Waals surface area contributed by atoms with Crippen molar-refractivity contribution in [1.29, 1.82) is 0 Å². The van der Waals surface area contributed by atoms with Gasteiger partial charge in [-0.3, -0.25) is 38.5 Å². The molecule has 1 N–H and O–H groups in total. The Bertz CT molecular complexity index is 3120. The Labute approximate surface area is 401 Å². The Morgan fingerprint density at radius 2 is 1.06 bits per heavy atom. The third-order valence-corrected chi connectivity index (χ3v) is 13.4. The zero-order chi connectivity index (χ0) is 47.3. The summed E-state index contributed by atoms with van der Waals surface area (Å²) in [6.07, 6.45) is 13.1. The van der Waals surface area contributed by atoms with Crippen LogP contribution in [0, 0.1) is 0 Å². The maximum absolute atomic E-state index is 13.9. The van der Waals surface area contributed by atoms with Crippen LogP contribution in [0.25, 0.3) is 0 Å². The molecule has 0 saturated heterocycles. The number of aromatic hydroxyl groups is 1. The SMILES string of the molecule is O=C1c2c(O)c(=O)ccn2N2CN1CCCCCc1ccccc1C2c1ccccc1.O=C1c2c(OCc3ccccc3)c(=O)ccn2N2CN1CCC=CCc1ccccc1C2c1ccccc1. The minimum Gasteiger partial charge on any atom is -0.502 e. The molecule has 2 amide bonds. The fourth-order valence-electron chi connectivity index (χ4n) is 10.1. The first-order chi connectivity index (χ1) is 33.9. The first-order valence-electron chi connectivity index (χ1n) is 23.8. The zero-order valence-electron chi connectivity index (χ0n) is 38.3. The summed E-state index contributed by atoms with van der Waals surface area (Å²) in [7, 11) is 0. The van der Waals surface area contributed by atoms with Crippen LogP contribution in [0.1, 0.15) is 97.7 Å². The molecule has 4 aliphatic heterocycles. The standard InChI is InChI=1S/C32H29N3O3.C25H25N3O3/c36-28-19-21-34-30(31(28)38-22-24-12-4-1-5-13-24)32(37)33-20-11-3-8-14-25-15-9-10-18-27(25)29(35(34)23-33)26-16-6-2-7-17-26;29-21-14-16-27-23(24(21)30)25(31)26-15-8-2-5-9-18-10-6-7-13-20(18)22(28(27)17-26)19-11-3-1-4-12-19/h1-10,12-13,15-19,21,29H,11,14,20,22-23H2;1,3-4,6-7,10-14,16,22,30H,2,5,8-9,15,17H2. The number of nitrogens with zero attached hydrogens (tertiary/aromatic N) is 6. The Morgan fingerprint density at radius 1 is 0.522 bits per heavy atom. The molecule has 0 fully saturated rings. The Morgan fingerprint density at radius 3 is 1.72 bits per heavy atom. The highest BCUT2D eigenvalue weighted by atomic mass is 16.5. The quantitative estimate of drug-likeness (QED) is 0.171. The van der Waals surface area contributed by atoms with Gasteiger partial charge in [0.2, 0.25) is 10.9 Å². The van der Waals surface area contributed by atoms with Crippen molar-refractivity contribution < 1.29 is 19.4 Å². The molecule has 0 spiro atoms. The van der Waals surface area contributed by atoms with Gasteiger partial charge in [0.15, 0.2) is 22.9 Å². The molecule has 69 heavy (non-hydrogen) atoms. The van der Waals surface area contributed by atoms with Crippen LogP contribution in [0.4, 0.5) is 0 Å². The van der Waals surface area contributed by atoms with E-state index in [9.17, 15) is 24.3 Å². The average Bonchev–Trinajstić information content (AvgIpc) is 3.44. The van der Waals surface area contributed by atoms with Crippen LogP contribution >= 0.6 is 0 Å². The smallest absolute Gasteiger partial charge is 0.277 e. The highest BCUT2D eigenvalue weighted by Crippen LogP contribution is 2.37. The lowest BCUT2D eigenvalue weighted by Gasteiger charge is -2.44. The second-order valence-corrected chi connectivity index (χ2v) is 17.8. The highest BCUT2D eigenvalue weighted by molar-refractivity contribution is 5.97. The van der Waals surface area contributed by atoms with Gasteiger partial charge < -0.3 is 19.6 Å². The summed E-state index contributed by atoms with van der Waals surface area (Å²) in [5, 5.41) is 14.8. The Kier molecular flexibility index (Phi) is 13.0. The number of carbonyl (C=O) groups is 2. The number of hydrogen-bond acceptors (Lipinski definition) is 8. The molecule has 12 nitrogen and oxygen atoms in total. The van der Waals surface area contributed by atoms with E-state index in [2.05, 4.69) is 88.9 Å². The van der Waals surface area contributed by atoms with Gasteiger partial charge in [-0.05, 0) is 71.0 Å². The van der Waals surface area contributed by atoms with E-state index >= 15 is 0 Å². The lowest BCUT2D eigenvalue weighted by molar-refractivity contribution is 0.0671. The maximum Gasteiger partial charge on any atom is 0.277 e. The van der Waals surface area contributed by atoms with E-state index in [1.54, 1.807) is 22.0 Å². The van der Waals surface area contributed by atoms with Crippen LogP contribution in [-0.2, 0) is 19.4 Å². The molecular weight excluding hydrogens is 865 g/mol. The fraction of sp³-hybridized carbons (Fsp3) is 0.228. The summed E-state index contributed by atoms with van der Waals surface area (Å²) in [6.45, 7) is 2.10. The molecule has 4 bridgehead atoms. The van der Waals surface area contributed by atoms with Crippen molar-refractivity contribution in [2.24, 2.45) is 0 Å². The van der Waals surface area contributed by atoms with Crippen molar-refractivity contribution in [3.8, 4) is 11.5 Å². The van der Waals surface area contributed by atoms with Gasteiger partial charge in [0.1, 0.15) is 19.9 Å². The van der Waals surface area contributed by atoms with Crippen LogP contribution in [0.15, 0.2) is 186 Å². The van der Waals surface area contributed by atoms with E-state index < -0.39 is 11.2 Å². The number of allylic oxidation sites excluding steroid dienone is 1. The topological polar surface area (TPSA) is 121 Å². The van der Waals surface area contributed by atoms with Crippen LogP contribution in [0.3, 0.4) is 0 Å². The molecule has 6 heterocycles. The number of aryl methyl sites for hydroxylation is 1. The second kappa shape index (κ2) is 20.0. The van der Waals surface area contributed by atoms with Gasteiger partial charge in [0, 0.05) is 37.6 Å². The monoisotopic (exact) mass is 918 g/mol. The number of fused-ring (bicyclic) bond motifs is 10. The Hall–Kier alpha value is -8.12. The molecule has 348 valence electrons. The minimum absolute atomic E-state index is 0.0383. The molecule has 0 aliphatic carbocycles. The number of aromatic nitrogens is 2. The lowest BCUT2D eigenvalue weighted by Crippen LogP contribution is -2.55. The summed E-state index contributed by atoms with van der Waals surface area (Å²) in [6, 6.07) is 49.6. The molecular formula is C57H54N6O6. The summed E-state index contributed by atoms with van der Waals surface area (Å²) < 4.78 is 9.60. The van der Waals surface area contributed by atoms with Gasteiger partial charge >= 0.3 is 0 Å². The van der Waals surface area contributed by atoms with E-state index in [1.807, 2.05) is 82.4 Å². The number of carbonyl (C=O) groups excluding carboxylic acids is 2. The molecule has 7 aromatic rings. The van der Waals surface area contributed by atoms with Crippen LogP contribution in [-0.4, -0.2) is 62.5 Å². The predicted octanol–water partition coefficient (Wildman–Crippen LogP) is 8.49. The van der Waals surface area contributed by atoms with Gasteiger partial charge in [-0.1, -0.05) is 158 Å². The molecule has 12 heteroatoms. The molecule has 2 atom stereocenters. The number of pyridine rings is 2. The van der Waals surface area contributed by atoms with E-state index in [-0.39, 0.29) is 53.1 Å². The molecule has 2 aromatic heterocycles. The summed E-state index contributed by atoms with van der Waals surface area (Å²) >= 11 is 0. The van der Waals surface area contributed by atoms with E-state index in [4.69, 9.17) is 4.74 Å². The van der Waals surface area contributed by atoms with Gasteiger partial charge in [0.25, 0.3) is 11.8 Å². The van der Waals surface area contributed by atoms with Gasteiger partial charge in [-0.25, -0.2) is 0 Å². The van der Waals surface area contributed by atoms with Crippen molar-refractivity contribution in [3.05, 3.63) is 247 Å². The molecule has 4 aliphatic rings. The van der Waals surface area contributed by atoms with E-state index in [0.29, 0.717) is 26.4 Å². The fourth-order valence-corrected chi connectivity index (χ4v) is 10.1. The van der Waals surface area contributed by atoms with Gasteiger partial charge in [-0.15, -0.1) is 0 Å². The molecule has 0 radical (unpaired) electrons. The van der Waals surface area contributed by atoms with Crippen molar-refractivity contribution >= 4 is 11.8 Å². The number of rotatable bonds is 5. The molecule has 11 rings (SSSR count). The van der Waals surface area contributed by atoms with Gasteiger partial charge in [-0.2, -0.15) is 0 Å². The second-order valence-electron chi connectivity index (χ2n) is 17.8. The third kappa shape index (κ3) is 9.05. The number of hydrogen-bond donors (Lipinski definition) is 1. The van der Waals surface area contributed by atoms with Crippen molar-refractivity contribution in [2.45, 2.75) is 57.2 Å². The van der Waals surface area contributed by atoms with E-state index in [0.717, 1.165) is 60.8 Å². The van der Waals surface area contributed by atoms with Crippen molar-refractivity contribution in [1.82, 2.24) is 19.2 Å². The first-order valence-corrected chi connectivity index (χ1v) is 23.8. The van der Waals surface area contributed by atoms with Gasteiger partial charge in [0.05, 0.1) is 12.1 Å². The zero-order valence-corrected chi connectivity index (χ0v) is 38.3. The predicted molar refractivity (Wildman–Crippen MR) is 267 cm³/mol. The number of amides is 2. The summed E-state index contributed by atoms with van der Waals surface area (Å²) in [5.41, 5.74) is 7.44. The molecule has 0 saturated carbocycles. The number of ether oxygens (including phenoxy) is 1. The Balaban J connectivity index is 0.000000164. The normalized spacial score (nSPS) is 17.7. The maximum atomic E-state index is 13.9. The summed E-state index contributed by atoms with van der Waals surface area (Å²) in [5.74, 6) is -0.903. The lowest BCUT2D eigenvalue weighted by atomic mass is 9.91.